The number of hydrogen-bond donors (Lipinski definition) is 2. The Labute approximate surface area is 173 Å². The molecule has 1 saturated carbocycles. The summed E-state index contributed by atoms with van der Waals surface area (Å²) in [7, 11) is 5.62. The van der Waals surface area contributed by atoms with Gasteiger partial charge < -0.3 is 11.1 Å². The van der Waals surface area contributed by atoms with Crippen LogP contribution < -0.4 is 11.1 Å². The summed E-state index contributed by atoms with van der Waals surface area (Å²) in [6, 6.07) is 9.39. The second-order valence-corrected chi connectivity index (χ2v) is 8.39. The van der Waals surface area contributed by atoms with E-state index in [1.54, 1.807) is 0 Å². The lowest BCUT2D eigenvalue weighted by Gasteiger charge is -2.32. The third kappa shape index (κ3) is 6.79. The van der Waals surface area contributed by atoms with Crippen LogP contribution in [-0.4, -0.2) is 19.4 Å². The quantitative estimate of drug-likeness (QED) is 0.301. The highest BCUT2D eigenvalue weighted by Crippen LogP contribution is 2.35. The average molecular weight is 376 g/mol. The van der Waals surface area contributed by atoms with Gasteiger partial charge in [0.2, 0.25) is 0 Å². The Morgan fingerprint density at radius 3 is 2.68 bits per heavy atom. The summed E-state index contributed by atoms with van der Waals surface area (Å²) < 4.78 is 0. The molecule has 3 unspecified atom stereocenters. The molecule has 1 aromatic carbocycles. The van der Waals surface area contributed by atoms with Crippen LogP contribution in [0.4, 0.5) is 0 Å². The van der Waals surface area contributed by atoms with Crippen LogP contribution in [0.25, 0.3) is 5.57 Å². The maximum atomic E-state index is 6.64. The lowest BCUT2D eigenvalue weighted by Crippen LogP contribution is -2.43. The summed E-state index contributed by atoms with van der Waals surface area (Å²) in [5.74, 6) is 0.609. The minimum Gasteiger partial charge on any atom is -0.325 e. The molecule has 0 saturated heterocycles. The van der Waals surface area contributed by atoms with E-state index in [1.165, 1.54) is 36.0 Å². The first-order valence-corrected chi connectivity index (χ1v) is 10.8. The van der Waals surface area contributed by atoms with Crippen LogP contribution in [0.1, 0.15) is 63.5 Å². The van der Waals surface area contributed by atoms with Crippen molar-refractivity contribution >= 4 is 13.4 Å². The largest absolute Gasteiger partial charge is 0.325 e. The van der Waals surface area contributed by atoms with E-state index in [0.717, 1.165) is 32.1 Å². The molecule has 0 bridgehead atoms. The van der Waals surface area contributed by atoms with Gasteiger partial charge in [-0.05, 0) is 62.1 Å². The number of nitrogens with one attached hydrogen (secondary N) is 1. The molecule has 28 heavy (non-hydrogen) atoms. The van der Waals surface area contributed by atoms with Crippen molar-refractivity contribution in [1.82, 2.24) is 5.32 Å². The molecule has 0 heterocycles. The number of nitrogens with two attached hydrogens (primary N) is 1. The van der Waals surface area contributed by atoms with Crippen LogP contribution in [0.15, 0.2) is 55.1 Å². The van der Waals surface area contributed by atoms with E-state index in [9.17, 15) is 0 Å². The average Bonchev–Trinajstić information content (AvgIpc) is 3.17. The Hall–Kier alpha value is -1.58. The molecular weight excluding hydrogens is 339 g/mol. The van der Waals surface area contributed by atoms with Gasteiger partial charge in [-0.1, -0.05) is 74.3 Å². The van der Waals surface area contributed by atoms with Crippen molar-refractivity contribution in [3.63, 3.8) is 0 Å². The maximum absolute atomic E-state index is 6.64. The SMILES string of the molecule is [B]CCCCC(C)(N)C1CCC(NCc2ccc(C(/C=C\C)=C/C=C)cc2)C1. The predicted molar refractivity (Wildman–Crippen MR) is 124 cm³/mol. The van der Waals surface area contributed by atoms with E-state index in [2.05, 4.69) is 55.2 Å². The highest BCUT2D eigenvalue weighted by Gasteiger charge is 2.35. The second-order valence-electron chi connectivity index (χ2n) is 8.39. The van der Waals surface area contributed by atoms with Gasteiger partial charge in [0.25, 0.3) is 0 Å². The first-order chi connectivity index (χ1) is 13.5. The number of unbranched alkanes of at least 4 members (excludes halogenated alkanes) is 1. The third-order valence-electron chi connectivity index (χ3n) is 6.06. The molecule has 1 aliphatic rings. The second kappa shape index (κ2) is 11.4. The van der Waals surface area contributed by atoms with E-state index in [-0.39, 0.29) is 5.54 Å². The molecule has 1 aromatic rings. The van der Waals surface area contributed by atoms with Gasteiger partial charge in [0, 0.05) is 18.1 Å². The highest BCUT2D eigenvalue weighted by molar-refractivity contribution is 6.08. The smallest absolute Gasteiger partial charge is 0.0653 e. The van der Waals surface area contributed by atoms with Gasteiger partial charge in [-0.15, -0.1) is 0 Å². The minimum absolute atomic E-state index is 0.0616. The van der Waals surface area contributed by atoms with Crippen molar-refractivity contribution in [1.29, 1.82) is 0 Å². The summed E-state index contributed by atoms with van der Waals surface area (Å²) in [5.41, 5.74) is 10.3. The van der Waals surface area contributed by atoms with Crippen molar-refractivity contribution in [2.75, 3.05) is 0 Å². The summed E-state index contributed by atoms with van der Waals surface area (Å²) >= 11 is 0. The molecule has 150 valence electrons. The predicted octanol–water partition coefficient (Wildman–Crippen LogP) is 5.56. The summed E-state index contributed by atoms with van der Waals surface area (Å²) in [4.78, 5) is 0. The normalized spacial score (nSPS) is 22.5. The molecule has 3 atom stereocenters. The maximum Gasteiger partial charge on any atom is 0.0653 e. The molecule has 3 N–H and O–H groups in total. The van der Waals surface area contributed by atoms with E-state index in [0.29, 0.717) is 12.0 Å². The van der Waals surface area contributed by atoms with Crippen LogP contribution in [0.5, 0.6) is 0 Å². The van der Waals surface area contributed by atoms with Gasteiger partial charge in [-0.2, -0.15) is 0 Å². The standard InChI is InChI=1S/C25H37BN2/c1-4-8-21(9-5-2)22-12-10-20(11-13-22)19-28-24-15-14-23(18-24)25(3,27)16-6-7-17-26/h4-5,8-13,23-24,28H,1,6-7,14-19,27H2,2-3H3/b9-5-,21-8+. The minimum atomic E-state index is -0.0616. The molecule has 2 radical (unpaired) electrons. The number of rotatable bonds is 11. The molecule has 1 aliphatic carbocycles. The topological polar surface area (TPSA) is 38.0 Å². The Balaban J connectivity index is 1.84. The van der Waals surface area contributed by atoms with Crippen LogP contribution in [-0.2, 0) is 6.54 Å². The summed E-state index contributed by atoms with van der Waals surface area (Å²) in [6.45, 7) is 8.99. The Kier molecular flexibility index (Phi) is 9.27. The Bertz CT molecular complexity index is 658. The lowest BCUT2D eigenvalue weighted by molar-refractivity contribution is 0.269. The first kappa shape index (κ1) is 22.7. The molecule has 2 nitrogen and oxygen atoms in total. The van der Waals surface area contributed by atoms with Crippen molar-refractivity contribution < 1.29 is 0 Å². The molecule has 3 heteroatoms. The van der Waals surface area contributed by atoms with E-state index in [4.69, 9.17) is 13.6 Å². The fourth-order valence-corrected chi connectivity index (χ4v) is 4.25. The first-order valence-electron chi connectivity index (χ1n) is 10.8. The van der Waals surface area contributed by atoms with Gasteiger partial charge in [0.1, 0.15) is 0 Å². The zero-order chi connectivity index (χ0) is 20.4. The summed E-state index contributed by atoms with van der Waals surface area (Å²) in [5, 5.41) is 3.75. The van der Waals surface area contributed by atoms with Crippen LogP contribution in [0.3, 0.4) is 0 Å². The molecule has 0 aromatic heterocycles. The van der Waals surface area contributed by atoms with Gasteiger partial charge in [-0.25, -0.2) is 0 Å². The van der Waals surface area contributed by atoms with E-state index < -0.39 is 0 Å². The fraction of sp³-hybridized carbons (Fsp3) is 0.520. The zero-order valence-corrected chi connectivity index (χ0v) is 17.8. The van der Waals surface area contributed by atoms with Gasteiger partial charge in [0.05, 0.1) is 7.85 Å². The molecule has 0 spiro atoms. The fourth-order valence-electron chi connectivity index (χ4n) is 4.25. The number of benzene rings is 1. The van der Waals surface area contributed by atoms with Gasteiger partial charge in [-0.3, -0.25) is 0 Å². The van der Waals surface area contributed by atoms with Gasteiger partial charge in [0.15, 0.2) is 0 Å². The van der Waals surface area contributed by atoms with Gasteiger partial charge >= 0.3 is 0 Å². The van der Waals surface area contributed by atoms with Crippen molar-refractivity contribution in [2.24, 2.45) is 11.7 Å². The van der Waals surface area contributed by atoms with Crippen molar-refractivity contribution in [3.05, 3.63) is 66.3 Å². The number of hydrogen-bond acceptors (Lipinski definition) is 2. The molecule has 0 aliphatic heterocycles. The van der Waals surface area contributed by atoms with Crippen LogP contribution >= 0.6 is 0 Å². The van der Waals surface area contributed by atoms with E-state index in [1.807, 2.05) is 19.1 Å². The molecule has 0 amide bonds. The number of allylic oxidation sites excluding steroid dienone is 5. The Morgan fingerprint density at radius 1 is 1.29 bits per heavy atom. The third-order valence-corrected chi connectivity index (χ3v) is 6.06. The van der Waals surface area contributed by atoms with E-state index >= 15 is 0 Å². The Morgan fingerprint density at radius 2 is 2.04 bits per heavy atom. The van der Waals surface area contributed by atoms with Crippen LogP contribution in [0.2, 0.25) is 6.32 Å². The molecule has 1 fully saturated rings. The lowest BCUT2D eigenvalue weighted by atomic mass is 9.80. The zero-order valence-electron chi connectivity index (χ0n) is 17.8. The molecule has 2 rings (SSSR count). The monoisotopic (exact) mass is 376 g/mol. The molecular formula is C25H37BN2. The van der Waals surface area contributed by atoms with Crippen LogP contribution in [0, 0.1) is 5.92 Å². The highest BCUT2D eigenvalue weighted by atomic mass is 14.9. The van der Waals surface area contributed by atoms with Crippen molar-refractivity contribution in [3.8, 4) is 0 Å². The summed E-state index contributed by atoms with van der Waals surface area (Å²) in [6.07, 6.45) is 15.7. The van der Waals surface area contributed by atoms with Crippen molar-refractivity contribution in [2.45, 2.75) is 76.8 Å².